The molecule has 0 amide bonds. The lowest BCUT2D eigenvalue weighted by Crippen LogP contribution is -2.30. The van der Waals surface area contributed by atoms with E-state index in [1.54, 1.807) is 0 Å². The summed E-state index contributed by atoms with van der Waals surface area (Å²) in [5.41, 5.74) is 0. The number of ether oxygens (including phenoxy) is 3. The first kappa shape index (κ1) is 71.6. The fourth-order valence-corrected chi connectivity index (χ4v) is 9.99. The number of carbonyl (C=O) groups excluding carboxylic acids is 3. The first-order valence-electron chi connectivity index (χ1n) is 33.0. The van der Waals surface area contributed by atoms with E-state index in [1.165, 1.54) is 238 Å². The van der Waals surface area contributed by atoms with Crippen LogP contribution in [0, 0.1) is 0 Å². The summed E-state index contributed by atoms with van der Waals surface area (Å²) in [6.45, 7) is 6.57. The molecule has 0 rings (SSSR count). The number of allylic oxidation sites excluding steroid dienone is 6. The van der Waals surface area contributed by atoms with Gasteiger partial charge in [0, 0.05) is 19.3 Å². The number of carbonyl (C=O) groups is 3. The zero-order valence-corrected chi connectivity index (χ0v) is 49.9. The molecule has 0 aromatic rings. The Morgan fingerprint density at radius 3 is 0.824 bits per heavy atom. The second-order valence-corrected chi connectivity index (χ2v) is 22.4. The molecule has 6 nitrogen and oxygen atoms in total. The number of esters is 3. The summed E-state index contributed by atoms with van der Waals surface area (Å²) in [5, 5.41) is 0. The minimum absolute atomic E-state index is 0.0760. The molecule has 0 saturated heterocycles. The molecule has 1 unspecified atom stereocenters. The maximum atomic E-state index is 12.9. The highest BCUT2D eigenvalue weighted by molar-refractivity contribution is 5.71. The molecule has 0 N–H and O–H groups in total. The van der Waals surface area contributed by atoms with Crippen molar-refractivity contribution < 1.29 is 28.6 Å². The number of unbranched alkanes of at least 4 members (excludes halogenated alkanes) is 44. The minimum atomic E-state index is -0.781. The fourth-order valence-electron chi connectivity index (χ4n) is 9.99. The smallest absolute Gasteiger partial charge is 0.306 e. The van der Waals surface area contributed by atoms with Gasteiger partial charge < -0.3 is 14.2 Å². The van der Waals surface area contributed by atoms with Crippen molar-refractivity contribution in [2.45, 2.75) is 367 Å². The van der Waals surface area contributed by atoms with E-state index in [0.29, 0.717) is 19.3 Å². The zero-order chi connectivity index (χ0) is 53.6. The predicted molar refractivity (Wildman–Crippen MR) is 321 cm³/mol. The molecule has 0 aliphatic heterocycles. The average Bonchev–Trinajstić information content (AvgIpc) is 3.40. The molecular weight excluding hydrogens is 913 g/mol. The van der Waals surface area contributed by atoms with E-state index in [1.807, 2.05) is 0 Å². The quantitative estimate of drug-likeness (QED) is 0.0261. The van der Waals surface area contributed by atoms with Crippen molar-refractivity contribution in [1.29, 1.82) is 0 Å². The molecule has 0 aromatic heterocycles. The van der Waals surface area contributed by atoms with Crippen LogP contribution >= 0.6 is 0 Å². The molecule has 74 heavy (non-hydrogen) atoms. The molecular formula is C68H126O6. The summed E-state index contributed by atoms with van der Waals surface area (Å²) in [5.74, 6) is -0.881. The van der Waals surface area contributed by atoms with Gasteiger partial charge in [-0.1, -0.05) is 327 Å². The Morgan fingerprint density at radius 2 is 0.527 bits per heavy atom. The van der Waals surface area contributed by atoms with E-state index >= 15 is 0 Å². The lowest BCUT2D eigenvalue weighted by molar-refractivity contribution is -0.167. The first-order chi connectivity index (χ1) is 36.5. The zero-order valence-electron chi connectivity index (χ0n) is 49.9. The lowest BCUT2D eigenvalue weighted by Gasteiger charge is -2.18. The predicted octanol–water partition coefficient (Wildman–Crippen LogP) is 22.4. The van der Waals surface area contributed by atoms with Gasteiger partial charge in [0.05, 0.1) is 0 Å². The van der Waals surface area contributed by atoms with E-state index in [-0.39, 0.29) is 31.1 Å². The number of rotatable bonds is 61. The van der Waals surface area contributed by atoms with Gasteiger partial charge in [0.2, 0.25) is 0 Å². The van der Waals surface area contributed by atoms with Gasteiger partial charge >= 0.3 is 17.9 Å². The third kappa shape index (κ3) is 60.5. The molecule has 0 aromatic carbocycles. The summed E-state index contributed by atoms with van der Waals surface area (Å²) in [6.07, 6.45) is 77.4. The highest BCUT2D eigenvalue weighted by atomic mass is 16.6. The Morgan fingerprint density at radius 1 is 0.284 bits per heavy atom. The van der Waals surface area contributed by atoms with Gasteiger partial charge in [-0.2, -0.15) is 0 Å². The summed E-state index contributed by atoms with van der Waals surface area (Å²) in [6, 6.07) is 0. The molecule has 0 fully saturated rings. The Labute approximate surface area is 461 Å². The SMILES string of the molecule is CC/C=C\C/C=C\C/C=C\CCCCCC(=O)OCC(COC(=O)CCCCCCCCCCCCCCCCCCCCCCCCCCC)OC(=O)CCCCCCCCCCCCCCCCCCCC. The summed E-state index contributed by atoms with van der Waals surface area (Å²) in [4.78, 5) is 38.3. The number of hydrogen-bond acceptors (Lipinski definition) is 6. The van der Waals surface area contributed by atoms with E-state index in [9.17, 15) is 14.4 Å². The van der Waals surface area contributed by atoms with Gasteiger partial charge in [0.1, 0.15) is 13.2 Å². The highest BCUT2D eigenvalue weighted by Gasteiger charge is 2.19. The van der Waals surface area contributed by atoms with Crippen molar-refractivity contribution in [2.24, 2.45) is 0 Å². The standard InChI is InChI=1S/C68H126O6/c1-4-7-10-13-16-19-22-25-27-29-31-32-33-34-35-36-37-39-40-43-46-49-52-55-58-61-67(70)73-64-65(63-72-66(69)60-57-54-51-48-45-42-24-21-18-15-12-9-6-3)74-68(71)62-59-56-53-50-47-44-41-38-30-28-26-23-20-17-14-11-8-5-2/h9,12,18,21,42,45,65H,4-8,10-11,13-17,19-20,22-41,43-44,46-64H2,1-3H3/b12-9-,21-18-,45-42-. The van der Waals surface area contributed by atoms with E-state index in [4.69, 9.17) is 14.2 Å². The summed E-state index contributed by atoms with van der Waals surface area (Å²) < 4.78 is 16.9. The van der Waals surface area contributed by atoms with Crippen LogP contribution in [-0.4, -0.2) is 37.2 Å². The lowest BCUT2D eigenvalue weighted by atomic mass is 10.0. The highest BCUT2D eigenvalue weighted by Crippen LogP contribution is 2.18. The maximum absolute atomic E-state index is 12.9. The molecule has 0 aliphatic rings. The largest absolute Gasteiger partial charge is 0.462 e. The summed E-state index contributed by atoms with van der Waals surface area (Å²) >= 11 is 0. The van der Waals surface area contributed by atoms with Crippen molar-refractivity contribution >= 4 is 17.9 Å². The van der Waals surface area contributed by atoms with Gasteiger partial charge in [0.25, 0.3) is 0 Å². The topological polar surface area (TPSA) is 78.9 Å². The van der Waals surface area contributed by atoms with Crippen LogP contribution < -0.4 is 0 Å². The monoisotopic (exact) mass is 1040 g/mol. The van der Waals surface area contributed by atoms with Gasteiger partial charge in [-0.25, -0.2) is 0 Å². The average molecular weight is 1040 g/mol. The molecule has 6 heteroatoms. The molecule has 0 radical (unpaired) electrons. The van der Waals surface area contributed by atoms with Crippen LogP contribution in [0.2, 0.25) is 0 Å². The van der Waals surface area contributed by atoms with Crippen LogP contribution in [-0.2, 0) is 28.6 Å². The van der Waals surface area contributed by atoms with E-state index < -0.39 is 6.10 Å². The van der Waals surface area contributed by atoms with Crippen molar-refractivity contribution in [3.8, 4) is 0 Å². The third-order valence-electron chi connectivity index (χ3n) is 14.9. The molecule has 0 saturated carbocycles. The summed E-state index contributed by atoms with van der Waals surface area (Å²) in [7, 11) is 0. The van der Waals surface area contributed by atoms with Crippen LogP contribution in [0.5, 0.6) is 0 Å². The Balaban J connectivity index is 4.23. The van der Waals surface area contributed by atoms with Crippen LogP contribution in [0.3, 0.4) is 0 Å². The second-order valence-electron chi connectivity index (χ2n) is 22.4. The van der Waals surface area contributed by atoms with Crippen molar-refractivity contribution in [2.75, 3.05) is 13.2 Å². The molecule has 0 aliphatic carbocycles. The van der Waals surface area contributed by atoms with Crippen molar-refractivity contribution in [3.63, 3.8) is 0 Å². The fraction of sp³-hybridized carbons (Fsp3) is 0.868. The van der Waals surface area contributed by atoms with Gasteiger partial charge in [-0.3, -0.25) is 14.4 Å². The Hall–Kier alpha value is -2.37. The normalized spacial score (nSPS) is 12.2. The number of hydrogen-bond donors (Lipinski definition) is 0. The molecule has 434 valence electrons. The Kier molecular flexibility index (Phi) is 61.1. The van der Waals surface area contributed by atoms with Crippen molar-refractivity contribution in [3.05, 3.63) is 36.5 Å². The van der Waals surface area contributed by atoms with Gasteiger partial charge in [-0.15, -0.1) is 0 Å². The van der Waals surface area contributed by atoms with E-state index in [2.05, 4.69) is 57.2 Å². The molecule has 1 atom stereocenters. The Bertz CT molecular complexity index is 1240. The first-order valence-corrected chi connectivity index (χ1v) is 33.0. The minimum Gasteiger partial charge on any atom is -0.462 e. The van der Waals surface area contributed by atoms with Gasteiger partial charge in [0.15, 0.2) is 6.10 Å². The second kappa shape index (κ2) is 63.2. The van der Waals surface area contributed by atoms with Crippen LogP contribution in [0.4, 0.5) is 0 Å². The van der Waals surface area contributed by atoms with Crippen LogP contribution in [0.25, 0.3) is 0 Å². The molecule has 0 spiro atoms. The molecule has 0 bridgehead atoms. The molecule has 0 heterocycles. The van der Waals surface area contributed by atoms with Crippen LogP contribution in [0.1, 0.15) is 361 Å². The van der Waals surface area contributed by atoms with Crippen molar-refractivity contribution in [1.82, 2.24) is 0 Å². The van der Waals surface area contributed by atoms with Crippen LogP contribution in [0.15, 0.2) is 36.5 Å². The van der Waals surface area contributed by atoms with E-state index in [0.717, 1.165) is 83.5 Å². The maximum Gasteiger partial charge on any atom is 0.306 e. The third-order valence-corrected chi connectivity index (χ3v) is 14.9. The van der Waals surface area contributed by atoms with Gasteiger partial charge in [-0.05, 0) is 51.4 Å².